The van der Waals surface area contributed by atoms with Gasteiger partial charge in [0.15, 0.2) is 0 Å². The summed E-state index contributed by atoms with van der Waals surface area (Å²) < 4.78 is 4.72. The molecule has 102 valence electrons. The van der Waals surface area contributed by atoms with E-state index in [4.69, 9.17) is 0 Å². The van der Waals surface area contributed by atoms with Crippen LogP contribution < -0.4 is 0 Å². The summed E-state index contributed by atoms with van der Waals surface area (Å²) in [7, 11) is 0. The Kier molecular flexibility index (Phi) is 10.7. The summed E-state index contributed by atoms with van der Waals surface area (Å²) in [6, 6.07) is 0. The second kappa shape index (κ2) is 10.4. The van der Waals surface area contributed by atoms with Gasteiger partial charge in [-0.05, 0) is 0 Å². The van der Waals surface area contributed by atoms with E-state index in [0.29, 0.717) is 0 Å². The van der Waals surface area contributed by atoms with Crippen LogP contribution in [0.1, 0.15) is 72.6 Å². The predicted octanol–water partition coefficient (Wildman–Crippen LogP) is 5.35. The predicted molar refractivity (Wildman–Crippen MR) is 80.2 cm³/mol. The average Bonchev–Trinajstić information content (AvgIpc) is 2.37. The maximum atomic E-state index is 12.4. The van der Waals surface area contributed by atoms with Crippen LogP contribution in [0.3, 0.4) is 0 Å². The number of unbranched alkanes of at least 4 members (excludes halogenated alkanes) is 3. The number of hydrogen-bond donors (Lipinski definition) is 0. The number of hydrogen-bond acceptors (Lipinski definition) is 1. The summed E-state index contributed by atoms with van der Waals surface area (Å²) in [5, 5.41) is 0. The summed E-state index contributed by atoms with van der Waals surface area (Å²) in [6.45, 7) is 8.85. The van der Waals surface area contributed by atoms with Crippen LogP contribution in [0.4, 0.5) is 0 Å². The minimum absolute atomic E-state index is 0.731. The fourth-order valence-corrected chi connectivity index (χ4v) is 18.2. The SMILES string of the molecule is CCC[CH2][Sn]([CH2]CCC)([CH2]CCC)[C](=O)CC. The normalized spacial score (nSPS) is 11.8. The van der Waals surface area contributed by atoms with Crippen LogP contribution in [0.15, 0.2) is 0 Å². The van der Waals surface area contributed by atoms with Gasteiger partial charge in [-0.25, -0.2) is 0 Å². The number of carbonyl (C=O) groups is 1. The van der Waals surface area contributed by atoms with Crippen LogP contribution in [0, 0.1) is 0 Å². The topological polar surface area (TPSA) is 17.1 Å². The molecule has 1 nitrogen and oxygen atoms in total. The van der Waals surface area contributed by atoms with E-state index in [1.54, 1.807) is 0 Å². The van der Waals surface area contributed by atoms with E-state index in [1.165, 1.54) is 51.8 Å². The Morgan fingerprint density at radius 2 is 1.12 bits per heavy atom. The van der Waals surface area contributed by atoms with Crippen LogP contribution in [0.2, 0.25) is 13.3 Å². The molecule has 0 saturated heterocycles. The van der Waals surface area contributed by atoms with Crippen LogP contribution in [0.25, 0.3) is 0 Å². The van der Waals surface area contributed by atoms with Gasteiger partial charge in [-0.15, -0.1) is 0 Å². The second-order valence-electron chi connectivity index (χ2n) is 5.37. The Morgan fingerprint density at radius 1 is 0.765 bits per heavy atom. The Balaban J connectivity index is 4.70. The summed E-state index contributed by atoms with van der Waals surface area (Å²) >= 11 is -2.43. The zero-order valence-corrected chi connectivity index (χ0v) is 15.3. The number of carbonyl (C=O) groups excluding carboxylic acids is 1. The molecule has 0 atom stereocenters. The molecule has 0 unspecified atom stereocenters. The summed E-state index contributed by atoms with van der Waals surface area (Å²) in [5.41, 5.74) is 0. The molecular formula is C15H32OSn. The first-order valence-electron chi connectivity index (χ1n) is 7.70. The Bertz CT molecular complexity index is 179. The standard InChI is InChI=1S/3C4H9.C3H5O.Sn/c3*1-3-4-2;1-2-3-4;/h3*1,3-4H2,2H3;2H2,1H3;. The van der Waals surface area contributed by atoms with Gasteiger partial charge in [0.2, 0.25) is 0 Å². The number of rotatable bonds is 11. The van der Waals surface area contributed by atoms with Crippen molar-refractivity contribution in [2.24, 2.45) is 0 Å². The van der Waals surface area contributed by atoms with E-state index >= 15 is 0 Å². The molecule has 2 heteroatoms. The van der Waals surface area contributed by atoms with Crippen molar-refractivity contribution in [3.8, 4) is 0 Å². The molecule has 0 aliphatic heterocycles. The molecule has 0 fully saturated rings. The first kappa shape index (κ1) is 17.5. The molecule has 0 radical (unpaired) electrons. The second-order valence-corrected chi connectivity index (χ2v) is 18.5. The van der Waals surface area contributed by atoms with Crippen molar-refractivity contribution in [1.29, 1.82) is 0 Å². The molecular weight excluding hydrogens is 315 g/mol. The molecule has 0 saturated carbocycles. The molecule has 0 aliphatic rings. The molecule has 0 aromatic carbocycles. The van der Waals surface area contributed by atoms with Crippen molar-refractivity contribution in [3.05, 3.63) is 0 Å². The van der Waals surface area contributed by atoms with Gasteiger partial charge in [-0.2, -0.15) is 0 Å². The maximum absolute atomic E-state index is 12.4. The summed E-state index contributed by atoms with van der Waals surface area (Å²) in [4.78, 5) is 12.4. The third-order valence-electron chi connectivity index (χ3n) is 3.94. The van der Waals surface area contributed by atoms with E-state index in [1.807, 2.05) is 0 Å². The van der Waals surface area contributed by atoms with Gasteiger partial charge in [-0.1, -0.05) is 0 Å². The zero-order valence-electron chi connectivity index (χ0n) is 12.5. The van der Waals surface area contributed by atoms with Crippen molar-refractivity contribution in [2.75, 3.05) is 0 Å². The monoisotopic (exact) mass is 348 g/mol. The average molecular weight is 347 g/mol. The molecule has 0 rings (SSSR count). The van der Waals surface area contributed by atoms with E-state index in [2.05, 4.69) is 27.7 Å². The molecule has 0 amide bonds. The molecule has 0 aromatic heterocycles. The zero-order chi connectivity index (χ0) is 13.1. The molecule has 0 spiro atoms. The first-order chi connectivity index (χ1) is 8.16. The Hall–Kier alpha value is 0.469. The Morgan fingerprint density at radius 3 is 1.35 bits per heavy atom. The van der Waals surface area contributed by atoms with E-state index in [9.17, 15) is 4.79 Å². The molecule has 0 bridgehead atoms. The van der Waals surface area contributed by atoms with Gasteiger partial charge in [0.1, 0.15) is 0 Å². The van der Waals surface area contributed by atoms with Gasteiger partial charge in [0.25, 0.3) is 0 Å². The quantitative estimate of drug-likeness (QED) is 0.460. The van der Waals surface area contributed by atoms with E-state index in [0.717, 1.165) is 10.2 Å². The van der Waals surface area contributed by atoms with Crippen molar-refractivity contribution >= 4 is 22.2 Å². The molecule has 17 heavy (non-hydrogen) atoms. The molecule has 0 heterocycles. The van der Waals surface area contributed by atoms with Gasteiger partial charge in [0, 0.05) is 0 Å². The van der Waals surface area contributed by atoms with E-state index < -0.39 is 18.4 Å². The van der Waals surface area contributed by atoms with Gasteiger partial charge in [0.05, 0.1) is 0 Å². The van der Waals surface area contributed by atoms with Crippen molar-refractivity contribution in [1.82, 2.24) is 0 Å². The van der Waals surface area contributed by atoms with Gasteiger partial charge in [-0.3, -0.25) is 0 Å². The van der Waals surface area contributed by atoms with Crippen molar-refractivity contribution in [3.63, 3.8) is 0 Å². The van der Waals surface area contributed by atoms with Gasteiger partial charge >= 0.3 is 113 Å². The van der Waals surface area contributed by atoms with Crippen LogP contribution in [-0.2, 0) is 4.79 Å². The van der Waals surface area contributed by atoms with Crippen LogP contribution >= 0.6 is 0 Å². The molecule has 0 aliphatic carbocycles. The minimum atomic E-state index is -2.43. The first-order valence-corrected chi connectivity index (χ1v) is 15.2. The van der Waals surface area contributed by atoms with E-state index in [-0.39, 0.29) is 0 Å². The van der Waals surface area contributed by atoms with Gasteiger partial charge < -0.3 is 0 Å². The fourth-order valence-electron chi connectivity index (χ4n) is 2.71. The van der Waals surface area contributed by atoms with Crippen LogP contribution in [0.5, 0.6) is 0 Å². The van der Waals surface area contributed by atoms with Crippen molar-refractivity contribution < 1.29 is 4.79 Å². The fraction of sp³-hybridized carbons (Fsp3) is 0.933. The summed E-state index contributed by atoms with van der Waals surface area (Å²) in [5.74, 6) is 0. The molecule has 0 aromatic rings. The third kappa shape index (κ3) is 6.26. The third-order valence-corrected chi connectivity index (χ3v) is 19.5. The Labute approximate surface area is 113 Å². The van der Waals surface area contributed by atoms with Crippen LogP contribution in [-0.4, -0.2) is 22.2 Å². The van der Waals surface area contributed by atoms with Crippen molar-refractivity contribution in [2.45, 2.75) is 86.0 Å². The summed E-state index contributed by atoms with van der Waals surface area (Å²) in [6.07, 6.45) is 8.49. The molecule has 0 N–H and O–H groups in total.